The SMILES string of the molecule is CC1C(O)c2ccccc2CC1N1CCC(c2ccccc2)CC1. The van der Waals surface area contributed by atoms with Gasteiger partial charge in [0.05, 0.1) is 6.10 Å². The zero-order chi connectivity index (χ0) is 16.5. The van der Waals surface area contributed by atoms with Crippen LogP contribution >= 0.6 is 0 Å². The molecule has 2 aromatic rings. The molecule has 2 aliphatic rings. The number of fused-ring (bicyclic) bond motifs is 1. The highest BCUT2D eigenvalue weighted by molar-refractivity contribution is 5.33. The molecule has 3 atom stereocenters. The van der Waals surface area contributed by atoms with Gasteiger partial charge in [-0.05, 0) is 55.0 Å². The lowest BCUT2D eigenvalue weighted by molar-refractivity contribution is 0.0226. The molecule has 126 valence electrons. The van der Waals surface area contributed by atoms with Gasteiger partial charge in [-0.2, -0.15) is 0 Å². The van der Waals surface area contributed by atoms with Crippen LogP contribution in [0.4, 0.5) is 0 Å². The molecule has 0 bridgehead atoms. The second-order valence-corrected chi connectivity index (χ2v) is 7.50. The normalized spacial score (nSPS) is 28.5. The van der Waals surface area contributed by atoms with Crippen molar-refractivity contribution in [2.75, 3.05) is 13.1 Å². The summed E-state index contributed by atoms with van der Waals surface area (Å²) in [6.07, 6.45) is 3.20. The van der Waals surface area contributed by atoms with Crippen LogP contribution in [0.15, 0.2) is 54.6 Å². The Bertz CT molecular complexity index is 675. The molecule has 1 aliphatic heterocycles. The van der Waals surface area contributed by atoms with Crippen molar-refractivity contribution in [1.29, 1.82) is 0 Å². The number of aliphatic hydroxyl groups excluding tert-OH is 1. The van der Waals surface area contributed by atoms with Gasteiger partial charge >= 0.3 is 0 Å². The first-order chi connectivity index (χ1) is 11.7. The minimum absolute atomic E-state index is 0.299. The number of benzene rings is 2. The van der Waals surface area contributed by atoms with E-state index in [0.29, 0.717) is 17.9 Å². The summed E-state index contributed by atoms with van der Waals surface area (Å²) in [5, 5.41) is 10.7. The second kappa shape index (κ2) is 6.70. The fraction of sp³-hybridized carbons (Fsp3) is 0.455. The molecule has 0 amide bonds. The monoisotopic (exact) mass is 321 g/mol. The Hall–Kier alpha value is -1.64. The summed E-state index contributed by atoms with van der Waals surface area (Å²) in [4.78, 5) is 2.63. The first kappa shape index (κ1) is 15.9. The Morgan fingerprint density at radius 3 is 2.33 bits per heavy atom. The lowest BCUT2D eigenvalue weighted by Gasteiger charge is -2.44. The first-order valence-electron chi connectivity index (χ1n) is 9.29. The quantitative estimate of drug-likeness (QED) is 0.898. The number of aliphatic hydroxyl groups is 1. The molecule has 1 heterocycles. The van der Waals surface area contributed by atoms with Crippen molar-refractivity contribution in [2.24, 2.45) is 5.92 Å². The van der Waals surface area contributed by atoms with Crippen LogP contribution in [-0.2, 0) is 6.42 Å². The summed E-state index contributed by atoms with van der Waals surface area (Å²) in [6.45, 7) is 4.50. The fourth-order valence-corrected chi connectivity index (χ4v) is 4.66. The van der Waals surface area contributed by atoms with E-state index in [-0.39, 0.29) is 6.10 Å². The summed E-state index contributed by atoms with van der Waals surface area (Å²) >= 11 is 0. The van der Waals surface area contributed by atoms with E-state index in [0.717, 1.165) is 25.1 Å². The number of hydrogen-bond donors (Lipinski definition) is 1. The van der Waals surface area contributed by atoms with Gasteiger partial charge in [-0.15, -0.1) is 0 Å². The van der Waals surface area contributed by atoms with E-state index < -0.39 is 0 Å². The van der Waals surface area contributed by atoms with E-state index in [2.05, 4.69) is 60.4 Å². The van der Waals surface area contributed by atoms with Crippen LogP contribution in [0.3, 0.4) is 0 Å². The van der Waals surface area contributed by atoms with Crippen molar-refractivity contribution in [3.63, 3.8) is 0 Å². The van der Waals surface area contributed by atoms with E-state index >= 15 is 0 Å². The van der Waals surface area contributed by atoms with Crippen molar-refractivity contribution in [1.82, 2.24) is 4.90 Å². The zero-order valence-electron chi connectivity index (χ0n) is 14.4. The Balaban J connectivity index is 1.46. The third-order valence-corrected chi connectivity index (χ3v) is 6.18. The average Bonchev–Trinajstić information content (AvgIpc) is 2.66. The third-order valence-electron chi connectivity index (χ3n) is 6.18. The van der Waals surface area contributed by atoms with Crippen molar-refractivity contribution >= 4 is 0 Å². The van der Waals surface area contributed by atoms with Crippen molar-refractivity contribution < 1.29 is 5.11 Å². The zero-order valence-corrected chi connectivity index (χ0v) is 14.4. The van der Waals surface area contributed by atoms with E-state index in [4.69, 9.17) is 0 Å². The first-order valence-corrected chi connectivity index (χ1v) is 9.29. The van der Waals surface area contributed by atoms with Crippen LogP contribution in [0.1, 0.15) is 48.5 Å². The maximum Gasteiger partial charge on any atom is 0.0833 e. The highest BCUT2D eigenvalue weighted by Gasteiger charge is 2.37. The molecule has 0 radical (unpaired) electrons. The van der Waals surface area contributed by atoms with E-state index in [9.17, 15) is 5.11 Å². The number of nitrogens with zero attached hydrogens (tertiary/aromatic N) is 1. The van der Waals surface area contributed by atoms with Gasteiger partial charge in [-0.25, -0.2) is 0 Å². The molecule has 0 aromatic heterocycles. The molecule has 1 aliphatic carbocycles. The summed E-state index contributed by atoms with van der Waals surface area (Å²) in [5.41, 5.74) is 3.96. The molecule has 2 nitrogen and oxygen atoms in total. The molecular weight excluding hydrogens is 294 g/mol. The predicted octanol–water partition coefficient (Wildman–Crippen LogP) is 4.16. The fourth-order valence-electron chi connectivity index (χ4n) is 4.66. The molecule has 0 saturated carbocycles. The molecular formula is C22H27NO. The number of hydrogen-bond acceptors (Lipinski definition) is 2. The maximum absolute atomic E-state index is 10.7. The Kier molecular flexibility index (Phi) is 4.43. The highest BCUT2D eigenvalue weighted by atomic mass is 16.3. The van der Waals surface area contributed by atoms with Crippen molar-refractivity contribution in [3.8, 4) is 0 Å². The molecule has 1 fully saturated rings. The molecule has 0 spiro atoms. The van der Waals surface area contributed by atoms with Gasteiger partial charge in [-0.3, -0.25) is 4.90 Å². The average molecular weight is 321 g/mol. The van der Waals surface area contributed by atoms with Crippen LogP contribution in [0.2, 0.25) is 0 Å². The summed E-state index contributed by atoms with van der Waals surface area (Å²) in [5.74, 6) is 0.992. The molecule has 2 aromatic carbocycles. The smallest absolute Gasteiger partial charge is 0.0833 e. The lowest BCUT2D eigenvalue weighted by atomic mass is 9.77. The molecule has 24 heavy (non-hydrogen) atoms. The molecule has 1 N–H and O–H groups in total. The highest BCUT2D eigenvalue weighted by Crippen LogP contribution is 2.38. The number of likely N-dealkylation sites (tertiary alicyclic amines) is 1. The largest absolute Gasteiger partial charge is 0.388 e. The van der Waals surface area contributed by atoms with Gasteiger partial charge in [0, 0.05) is 12.0 Å². The van der Waals surface area contributed by atoms with Gasteiger partial charge in [0.15, 0.2) is 0 Å². The van der Waals surface area contributed by atoms with Gasteiger partial charge < -0.3 is 5.11 Å². The van der Waals surface area contributed by atoms with Crippen LogP contribution in [0.25, 0.3) is 0 Å². The molecule has 3 unspecified atom stereocenters. The Labute approximate surface area is 145 Å². The Morgan fingerprint density at radius 2 is 1.58 bits per heavy atom. The molecule has 1 saturated heterocycles. The van der Waals surface area contributed by atoms with Crippen LogP contribution in [-0.4, -0.2) is 29.1 Å². The second-order valence-electron chi connectivity index (χ2n) is 7.50. The van der Waals surface area contributed by atoms with Gasteiger partial charge in [0.25, 0.3) is 0 Å². The standard InChI is InChI=1S/C22H27NO/c1-16-21(15-19-9-5-6-10-20(19)22(16)24)23-13-11-18(12-14-23)17-7-3-2-4-8-17/h2-10,16,18,21-22,24H,11-15H2,1H3. The predicted molar refractivity (Wildman–Crippen MR) is 98.0 cm³/mol. The number of rotatable bonds is 2. The summed E-state index contributed by atoms with van der Waals surface area (Å²) < 4.78 is 0. The van der Waals surface area contributed by atoms with Crippen LogP contribution < -0.4 is 0 Å². The van der Waals surface area contributed by atoms with Crippen molar-refractivity contribution in [3.05, 3.63) is 71.3 Å². The van der Waals surface area contributed by atoms with Gasteiger partial charge in [0.1, 0.15) is 0 Å². The minimum Gasteiger partial charge on any atom is -0.388 e. The molecule has 2 heteroatoms. The third kappa shape index (κ3) is 2.89. The van der Waals surface area contributed by atoms with Crippen LogP contribution in [0, 0.1) is 5.92 Å². The topological polar surface area (TPSA) is 23.5 Å². The maximum atomic E-state index is 10.7. The van der Waals surface area contributed by atoms with Crippen LogP contribution in [0.5, 0.6) is 0 Å². The summed E-state index contributed by atoms with van der Waals surface area (Å²) in [6, 6.07) is 19.8. The van der Waals surface area contributed by atoms with Gasteiger partial charge in [0.2, 0.25) is 0 Å². The Morgan fingerprint density at radius 1 is 0.917 bits per heavy atom. The molecule has 4 rings (SSSR count). The van der Waals surface area contributed by atoms with E-state index in [1.54, 1.807) is 0 Å². The van der Waals surface area contributed by atoms with E-state index in [1.807, 2.05) is 6.07 Å². The van der Waals surface area contributed by atoms with Crippen molar-refractivity contribution in [2.45, 2.75) is 44.2 Å². The number of piperidine rings is 1. The lowest BCUT2D eigenvalue weighted by Crippen LogP contribution is -2.48. The summed E-state index contributed by atoms with van der Waals surface area (Å²) in [7, 11) is 0. The minimum atomic E-state index is -0.327. The van der Waals surface area contributed by atoms with Gasteiger partial charge in [-0.1, -0.05) is 61.5 Å². The van der Waals surface area contributed by atoms with E-state index in [1.165, 1.54) is 24.0 Å².